The molecule has 1 saturated heterocycles. The van der Waals surface area contributed by atoms with Gasteiger partial charge in [-0.05, 0) is 55.8 Å². The second-order valence-corrected chi connectivity index (χ2v) is 7.59. The number of carbonyl (C=O) groups is 1. The average Bonchev–Trinajstić information content (AvgIpc) is 3.35. The van der Waals surface area contributed by atoms with Gasteiger partial charge in [-0.3, -0.25) is 19.8 Å². The van der Waals surface area contributed by atoms with Gasteiger partial charge in [-0.2, -0.15) is 10.4 Å². The zero-order chi connectivity index (χ0) is 20.2. The van der Waals surface area contributed by atoms with Gasteiger partial charge in [0.2, 0.25) is 0 Å². The summed E-state index contributed by atoms with van der Waals surface area (Å²) < 4.78 is 2.02. The number of halogens is 1. The highest BCUT2D eigenvalue weighted by atomic mass is 35.5. The minimum absolute atomic E-state index is 0.420. The Morgan fingerprint density at radius 2 is 2.07 bits per heavy atom. The molecular formula is C21H21ClN6O. The van der Waals surface area contributed by atoms with Crippen LogP contribution in [0.1, 0.15) is 34.5 Å². The summed E-state index contributed by atoms with van der Waals surface area (Å²) in [5.74, 6) is -0.444. The first kappa shape index (κ1) is 19.4. The lowest BCUT2D eigenvalue weighted by molar-refractivity contribution is 0.0972. The normalized spacial score (nSPS) is 14.2. The third-order valence-corrected chi connectivity index (χ3v) is 5.53. The van der Waals surface area contributed by atoms with Crippen LogP contribution in [0.2, 0.25) is 5.02 Å². The summed E-state index contributed by atoms with van der Waals surface area (Å²) in [6, 6.07) is 7.39. The summed E-state index contributed by atoms with van der Waals surface area (Å²) in [4.78, 5) is 18.8. The number of fused-ring (bicyclic) bond motifs is 1. The van der Waals surface area contributed by atoms with Gasteiger partial charge in [-0.1, -0.05) is 11.6 Å². The van der Waals surface area contributed by atoms with Gasteiger partial charge in [0.1, 0.15) is 0 Å². The average molecular weight is 409 g/mol. The highest BCUT2D eigenvalue weighted by Gasteiger charge is 2.17. The standard InChI is InChI=1S/C21H21ClN6O/c22-16-3-4-20-18(12-16)19(26-28(20)10-9-27-7-1-2-8-27)11-15-13-24-6-5-17(15)21(29)25-14-23/h3-6,12-13H,1-2,7-11H2,(H,25,29). The summed E-state index contributed by atoms with van der Waals surface area (Å²) in [6.45, 7) is 4.05. The van der Waals surface area contributed by atoms with Crippen LogP contribution in [0, 0.1) is 11.5 Å². The third kappa shape index (κ3) is 4.24. The Kier molecular flexibility index (Phi) is 5.74. The van der Waals surface area contributed by atoms with E-state index in [9.17, 15) is 4.79 Å². The predicted molar refractivity (Wildman–Crippen MR) is 111 cm³/mol. The van der Waals surface area contributed by atoms with E-state index in [4.69, 9.17) is 22.0 Å². The molecule has 4 rings (SSSR count). The smallest absolute Gasteiger partial charge is 0.264 e. The molecule has 148 valence electrons. The van der Waals surface area contributed by atoms with Crippen molar-refractivity contribution in [2.45, 2.75) is 25.8 Å². The lowest BCUT2D eigenvalue weighted by Crippen LogP contribution is -2.24. The van der Waals surface area contributed by atoms with E-state index in [1.54, 1.807) is 24.7 Å². The molecule has 8 heteroatoms. The Hall–Kier alpha value is -2.95. The van der Waals surface area contributed by atoms with E-state index in [1.807, 2.05) is 22.9 Å². The molecule has 1 amide bonds. The first-order valence-electron chi connectivity index (χ1n) is 9.65. The van der Waals surface area contributed by atoms with E-state index in [0.29, 0.717) is 22.6 Å². The van der Waals surface area contributed by atoms with Crippen LogP contribution in [0.25, 0.3) is 10.9 Å². The van der Waals surface area contributed by atoms with Crippen molar-refractivity contribution >= 4 is 28.4 Å². The van der Waals surface area contributed by atoms with E-state index < -0.39 is 5.91 Å². The van der Waals surface area contributed by atoms with Crippen LogP contribution in [-0.4, -0.2) is 45.2 Å². The lowest BCUT2D eigenvalue weighted by atomic mass is 10.0. The van der Waals surface area contributed by atoms with Gasteiger partial charge in [0.25, 0.3) is 5.91 Å². The third-order valence-electron chi connectivity index (χ3n) is 5.29. The van der Waals surface area contributed by atoms with E-state index in [0.717, 1.165) is 42.8 Å². The molecule has 0 spiro atoms. The molecule has 2 aromatic heterocycles. The molecule has 0 radical (unpaired) electrons. The topological polar surface area (TPSA) is 86.8 Å². The minimum Gasteiger partial charge on any atom is -0.301 e. The predicted octanol–water partition coefficient (Wildman–Crippen LogP) is 2.98. The molecule has 3 aromatic rings. The molecule has 1 fully saturated rings. The molecule has 0 bridgehead atoms. The van der Waals surface area contributed by atoms with Crippen LogP contribution in [0.4, 0.5) is 0 Å². The van der Waals surface area contributed by atoms with Crippen molar-refractivity contribution in [3.05, 3.63) is 58.5 Å². The van der Waals surface area contributed by atoms with Crippen molar-refractivity contribution in [3.63, 3.8) is 0 Å². The van der Waals surface area contributed by atoms with Crippen LogP contribution < -0.4 is 5.32 Å². The van der Waals surface area contributed by atoms with Gasteiger partial charge in [-0.25, -0.2) is 0 Å². The molecule has 0 atom stereocenters. The Morgan fingerprint density at radius 3 is 2.86 bits per heavy atom. The molecule has 1 aliphatic heterocycles. The summed E-state index contributed by atoms with van der Waals surface area (Å²) in [6.07, 6.45) is 7.81. The first-order valence-corrected chi connectivity index (χ1v) is 10.0. The molecule has 1 aromatic carbocycles. The Morgan fingerprint density at radius 1 is 1.24 bits per heavy atom. The number of nitriles is 1. The fraction of sp³-hybridized carbons (Fsp3) is 0.333. The Bertz CT molecular complexity index is 1080. The fourth-order valence-corrected chi connectivity index (χ4v) is 4.02. The van der Waals surface area contributed by atoms with E-state index >= 15 is 0 Å². The molecule has 3 heterocycles. The fourth-order valence-electron chi connectivity index (χ4n) is 3.85. The SMILES string of the molecule is N#CNC(=O)c1ccncc1Cc1nn(CCN2CCCC2)c2ccc(Cl)cc12. The summed E-state index contributed by atoms with van der Waals surface area (Å²) >= 11 is 6.25. The van der Waals surface area contributed by atoms with E-state index in [2.05, 4.69) is 15.2 Å². The molecule has 1 N–H and O–H groups in total. The quantitative estimate of drug-likeness (QED) is 0.500. The zero-order valence-electron chi connectivity index (χ0n) is 15.9. The highest BCUT2D eigenvalue weighted by Crippen LogP contribution is 2.25. The number of likely N-dealkylation sites (tertiary alicyclic amines) is 1. The lowest BCUT2D eigenvalue weighted by Gasteiger charge is -2.14. The Labute approximate surface area is 173 Å². The van der Waals surface area contributed by atoms with Crippen molar-refractivity contribution in [1.82, 2.24) is 25.0 Å². The minimum atomic E-state index is -0.444. The molecule has 1 aliphatic rings. The summed E-state index contributed by atoms with van der Waals surface area (Å²) in [5, 5.41) is 17.4. The summed E-state index contributed by atoms with van der Waals surface area (Å²) in [5.41, 5.74) is 2.99. The van der Waals surface area contributed by atoms with E-state index in [1.165, 1.54) is 12.8 Å². The maximum atomic E-state index is 12.2. The van der Waals surface area contributed by atoms with Gasteiger partial charge in [0.05, 0.1) is 17.8 Å². The number of amides is 1. The molecule has 0 saturated carbocycles. The van der Waals surface area contributed by atoms with Crippen molar-refractivity contribution in [3.8, 4) is 6.19 Å². The van der Waals surface area contributed by atoms with Crippen LogP contribution >= 0.6 is 11.6 Å². The molecule has 7 nitrogen and oxygen atoms in total. The molecule has 0 aliphatic carbocycles. The number of hydrogen-bond donors (Lipinski definition) is 1. The first-order chi connectivity index (χ1) is 14.2. The number of carbonyl (C=O) groups excluding carboxylic acids is 1. The van der Waals surface area contributed by atoms with Crippen molar-refractivity contribution in [2.24, 2.45) is 0 Å². The molecule has 0 unspecified atom stereocenters. The van der Waals surface area contributed by atoms with Crippen LogP contribution in [0.3, 0.4) is 0 Å². The summed E-state index contributed by atoms with van der Waals surface area (Å²) in [7, 11) is 0. The Balaban J connectivity index is 1.66. The largest absolute Gasteiger partial charge is 0.301 e. The number of rotatable bonds is 6. The van der Waals surface area contributed by atoms with Crippen LogP contribution in [0.15, 0.2) is 36.7 Å². The second-order valence-electron chi connectivity index (χ2n) is 7.16. The van der Waals surface area contributed by atoms with Gasteiger partial charge in [-0.15, -0.1) is 0 Å². The van der Waals surface area contributed by atoms with Gasteiger partial charge < -0.3 is 4.90 Å². The van der Waals surface area contributed by atoms with Gasteiger partial charge >= 0.3 is 0 Å². The zero-order valence-corrected chi connectivity index (χ0v) is 16.7. The van der Waals surface area contributed by atoms with Crippen molar-refractivity contribution in [2.75, 3.05) is 19.6 Å². The number of nitrogens with one attached hydrogen (secondary N) is 1. The van der Waals surface area contributed by atoms with Gasteiger partial charge in [0, 0.05) is 41.3 Å². The number of aromatic nitrogens is 3. The monoisotopic (exact) mass is 408 g/mol. The van der Waals surface area contributed by atoms with Crippen LogP contribution in [-0.2, 0) is 13.0 Å². The second kappa shape index (κ2) is 8.60. The number of benzene rings is 1. The highest BCUT2D eigenvalue weighted by molar-refractivity contribution is 6.31. The van der Waals surface area contributed by atoms with E-state index in [-0.39, 0.29) is 0 Å². The van der Waals surface area contributed by atoms with Crippen molar-refractivity contribution in [1.29, 1.82) is 5.26 Å². The number of pyridine rings is 1. The molecular weight excluding hydrogens is 388 g/mol. The maximum absolute atomic E-state index is 12.2. The van der Waals surface area contributed by atoms with Crippen LogP contribution in [0.5, 0.6) is 0 Å². The van der Waals surface area contributed by atoms with Gasteiger partial charge in [0.15, 0.2) is 6.19 Å². The molecule has 29 heavy (non-hydrogen) atoms. The number of nitrogens with zero attached hydrogens (tertiary/aromatic N) is 5. The number of hydrogen-bond acceptors (Lipinski definition) is 5. The maximum Gasteiger partial charge on any atom is 0.264 e. The van der Waals surface area contributed by atoms with Crippen molar-refractivity contribution < 1.29 is 4.79 Å².